The van der Waals surface area contributed by atoms with Crippen LogP contribution in [0.2, 0.25) is 0 Å². The molecule has 0 spiro atoms. The highest BCUT2D eigenvalue weighted by Crippen LogP contribution is 2.11. The van der Waals surface area contributed by atoms with Crippen molar-refractivity contribution < 1.29 is 14.3 Å². The molecule has 3 nitrogen and oxygen atoms in total. The van der Waals surface area contributed by atoms with Crippen molar-refractivity contribution in [1.29, 1.82) is 0 Å². The maximum Gasteiger partial charge on any atom is 0.337 e. The largest absolute Gasteiger partial charge is 0.465 e. The Labute approximate surface area is 82.8 Å². The van der Waals surface area contributed by atoms with Crippen LogP contribution in [0.15, 0.2) is 36.0 Å². The van der Waals surface area contributed by atoms with Crippen LogP contribution in [-0.4, -0.2) is 18.9 Å². The fourth-order valence-corrected chi connectivity index (χ4v) is 1.13. The van der Waals surface area contributed by atoms with Gasteiger partial charge in [-0.25, -0.2) is 4.79 Å². The summed E-state index contributed by atoms with van der Waals surface area (Å²) >= 11 is 0. The second-order valence-electron chi connectivity index (χ2n) is 2.99. The van der Waals surface area contributed by atoms with Crippen molar-refractivity contribution in [3.05, 3.63) is 36.0 Å². The summed E-state index contributed by atoms with van der Waals surface area (Å²) in [6.07, 6.45) is 8.37. The van der Waals surface area contributed by atoms with Gasteiger partial charge in [0.25, 0.3) is 0 Å². The molecule has 0 aromatic heterocycles. The van der Waals surface area contributed by atoms with Gasteiger partial charge in [0.05, 0.1) is 18.6 Å². The van der Waals surface area contributed by atoms with Gasteiger partial charge in [-0.1, -0.05) is 24.3 Å². The maximum absolute atomic E-state index is 11.1. The van der Waals surface area contributed by atoms with E-state index >= 15 is 0 Å². The van der Waals surface area contributed by atoms with Crippen LogP contribution in [0.25, 0.3) is 0 Å². The van der Waals surface area contributed by atoms with Crippen LogP contribution in [0.5, 0.6) is 0 Å². The van der Waals surface area contributed by atoms with Gasteiger partial charge in [0, 0.05) is 0 Å². The van der Waals surface area contributed by atoms with Crippen LogP contribution in [0, 0.1) is 5.92 Å². The van der Waals surface area contributed by atoms with Crippen molar-refractivity contribution in [3.63, 3.8) is 0 Å². The van der Waals surface area contributed by atoms with Crippen LogP contribution in [-0.2, 0) is 14.3 Å². The van der Waals surface area contributed by atoms with Crippen molar-refractivity contribution >= 4 is 11.8 Å². The highest BCUT2D eigenvalue weighted by molar-refractivity contribution is 5.92. The van der Waals surface area contributed by atoms with E-state index in [0.29, 0.717) is 5.57 Å². The summed E-state index contributed by atoms with van der Waals surface area (Å²) in [6.45, 7) is 1.52. The number of Topliss-reactive ketones (excluding diaryl/α,β-unsaturated/α-hetero) is 1. The van der Waals surface area contributed by atoms with E-state index in [0.717, 1.165) is 0 Å². The molecule has 0 saturated carbocycles. The first-order chi connectivity index (χ1) is 6.65. The number of hydrogen-bond donors (Lipinski definition) is 0. The molecule has 1 atom stereocenters. The van der Waals surface area contributed by atoms with Gasteiger partial charge in [-0.3, -0.25) is 4.79 Å². The number of allylic oxidation sites excluding steroid dienone is 4. The molecule has 0 heterocycles. The predicted molar refractivity (Wildman–Crippen MR) is 52.6 cm³/mol. The van der Waals surface area contributed by atoms with E-state index in [-0.39, 0.29) is 11.7 Å². The van der Waals surface area contributed by atoms with E-state index in [1.165, 1.54) is 14.0 Å². The third kappa shape index (κ3) is 2.42. The standard InChI is InChI=1S/C11H12O3/c1-8(12)9-4-3-5-10(7-6-9)11(13)14-2/h3-7,9H,1-2H3. The Hall–Kier alpha value is -1.64. The Morgan fingerprint density at radius 2 is 2.07 bits per heavy atom. The highest BCUT2D eigenvalue weighted by Gasteiger charge is 2.11. The lowest BCUT2D eigenvalue weighted by Gasteiger charge is -1.99. The first-order valence-corrected chi connectivity index (χ1v) is 4.30. The number of esters is 1. The molecular formula is C11H12O3. The molecule has 0 aromatic carbocycles. The van der Waals surface area contributed by atoms with Gasteiger partial charge in [0.1, 0.15) is 5.78 Å². The number of ketones is 1. The molecule has 0 radical (unpaired) electrons. The second kappa shape index (κ2) is 4.56. The van der Waals surface area contributed by atoms with Crippen LogP contribution in [0.4, 0.5) is 0 Å². The zero-order valence-corrected chi connectivity index (χ0v) is 8.19. The van der Waals surface area contributed by atoms with Crippen LogP contribution in [0.3, 0.4) is 0 Å². The zero-order chi connectivity index (χ0) is 10.6. The van der Waals surface area contributed by atoms with Crippen LogP contribution in [0.1, 0.15) is 6.92 Å². The minimum absolute atomic E-state index is 0.0528. The average Bonchev–Trinajstić information content (AvgIpc) is 2.41. The molecule has 0 fully saturated rings. The molecule has 0 saturated heterocycles. The molecule has 1 unspecified atom stereocenters. The van der Waals surface area contributed by atoms with Gasteiger partial charge in [-0.05, 0) is 13.0 Å². The molecule has 3 heteroatoms. The summed E-state index contributed by atoms with van der Waals surface area (Å²) in [5.74, 6) is -0.583. The third-order valence-corrected chi connectivity index (χ3v) is 1.97. The molecule has 0 aliphatic heterocycles. The Morgan fingerprint density at radius 1 is 1.36 bits per heavy atom. The number of carbonyl (C=O) groups is 2. The lowest BCUT2D eigenvalue weighted by atomic mass is 10.1. The number of rotatable bonds is 2. The lowest BCUT2D eigenvalue weighted by molar-refractivity contribution is -0.135. The van der Waals surface area contributed by atoms with Gasteiger partial charge >= 0.3 is 5.97 Å². The van der Waals surface area contributed by atoms with Crippen molar-refractivity contribution in [2.45, 2.75) is 6.92 Å². The molecule has 1 aliphatic rings. The molecule has 0 aromatic rings. The minimum atomic E-state index is -0.393. The number of carbonyl (C=O) groups excluding carboxylic acids is 2. The Kier molecular flexibility index (Phi) is 3.40. The Balaban J connectivity index is 2.83. The maximum atomic E-state index is 11.1. The monoisotopic (exact) mass is 192 g/mol. The minimum Gasteiger partial charge on any atom is -0.465 e. The summed E-state index contributed by atoms with van der Waals surface area (Å²) < 4.78 is 4.56. The molecule has 1 aliphatic carbocycles. The number of methoxy groups -OCH3 is 1. The van der Waals surface area contributed by atoms with Gasteiger partial charge in [-0.15, -0.1) is 0 Å². The quantitative estimate of drug-likeness (QED) is 0.621. The highest BCUT2D eigenvalue weighted by atomic mass is 16.5. The van der Waals surface area contributed by atoms with Crippen LogP contribution >= 0.6 is 0 Å². The molecule has 0 N–H and O–H groups in total. The van der Waals surface area contributed by atoms with E-state index in [9.17, 15) is 9.59 Å². The van der Waals surface area contributed by atoms with Gasteiger partial charge in [0.2, 0.25) is 0 Å². The van der Waals surface area contributed by atoms with Crippen LogP contribution < -0.4 is 0 Å². The first kappa shape index (κ1) is 10.4. The van der Waals surface area contributed by atoms with E-state index in [1.807, 2.05) is 0 Å². The molecule has 0 amide bonds. The summed E-state index contributed by atoms with van der Waals surface area (Å²) in [6, 6.07) is 0. The molecular weight excluding hydrogens is 180 g/mol. The third-order valence-electron chi connectivity index (χ3n) is 1.97. The topological polar surface area (TPSA) is 43.4 Å². The van der Waals surface area contributed by atoms with Gasteiger partial charge < -0.3 is 4.74 Å². The van der Waals surface area contributed by atoms with E-state index in [4.69, 9.17) is 0 Å². The summed E-state index contributed by atoms with van der Waals surface area (Å²) in [4.78, 5) is 22.2. The number of hydrogen-bond acceptors (Lipinski definition) is 3. The van der Waals surface area contributed by atoms with Crippen molar-refractivity contribution in [3.8, 4) is 0 Å². The normalized spacial score (nSPS) is 19.9. The predicted octanol–water partition coefficient (Wildman–Crippen LogP) is 1.42. The zero-order valence-electron chi connectivity index (χ0n) is 8.19. The number of ether oxygens (including phenoxy) is 1. The molecule has 74 valence electrons. The van der Waals surface area contributed by atoms with Crippen molar-refractivity contribution in [2.24, 2.45) is 5.92 Å². The Morgan fingerprint density at radius 3 is 2.64 bits per heavy atom. The van der Waals surface area contributed by atoms with Gasteiger partial charge in [0.15, 0.2) is 0 Å². The molecule has 14 heavy (non-hydrogen) atoms. The second-order valence-corrected chi connectivity index (χ2v) is 2.99. The average molecular weight is 192 g/mol. The van der Waals surface area contributed by atoms with E-state index in [1.54, 1.807) is 30.4 Å². The fraction of sp³-hybridized carbons (Fsp3) is 0.273. The smallest absolute Gasteiger partial charge is 0.337 e. The first-order valence-electron chi connectivity index (χ1n) is 4.30. The van der Waals surface area contributed by atoms with E-state index < -0.39 is 5.97 Å². The summed E-state index contributed by atoms with van der Waals surface area (Å²) in [5, 5.41) is 0. The van der Waals surface area contributed by atoms with E-state index in [2.05, 4.69) is 4.74 Å². The van der Waals surface area contributed by atoms with Gasteiger partial charge in [-0.2, -0.15) is 0 Å². The van der Waals surface area contributed by atoms with Crippen molar-refractivity contribution in [2.75, 3.05) is 7.11 Å². The lowest BCUT2D eigenvalue weighted by Crippen LogP contribution is -2.04. The molecule has 1 rings (SSSR count). The summed E-state index contributed by atoms with van der Waals surface area (Å²) in [7, 11) is 1.33. The SMILES string of the molecule is COC(=O)C1=CC=CC(C(C)=O)C=C1. The molecule has 0 bridgehead atoms. The van der Waals surface area contributed by atoms with Crippen molar-refractivity contribution in [1.82, 2.24) is 0 Å². The fourth-order valence-electron chi connectivity index (χ4n) is 1.13. The Bertz CT molecular complexity index is 334. The summed E-state index contributed by atoms with van der Waals surface area (Å²) in [5.41, 5.74) is 0.451.